The van der Waals surface area contributed by atoms with Gasteiger partial charge in [-0.2, -0.15) is 0 Å². The van der Waals surface area contributed by atoms with Crippen molar-refractivity contribution in [1.82, 2.24) is 9.80 Å². The first kappa shape index (κ1) is 15.4. The van der Waals surface area contributed by atoms with E-state index in [1.165, 1.54) is 12.8 Å². The quantitative estimate of drug-likeness (QED) is 0.918. The Morgan fingerprint density at radius 3 is 2.50 bits per heavy atom. The van der Waals surface area contributed by atoms with E-state index in [4.69, 9.17) is 5.73 Å². The Kier molecular flexibility index (Phi) is 5.13. The lowest BCUT2D eigenvalue weighted by atomic mass is 10.0. The van der Waals surface area contributed by atoms with Crippen molar-refractivity contribution in [3.63, 3.8) is 0 Å². The van der Waals surface area contributed by atoms with Crippen LogP contribution in [0.15, 0.2) is 18.2 Å². The van der Waals surface area contributed by atoms with Gasteiger partial charge < -0.3 is 10.6 Å². The fraction of sp³-hybridized carbons (Fsp3) is 0.625. The van der Waals surface area contributed by atoms with Gasteiger partial charge in [-0.15, -0.1) is 0 Å². The normalized spacial score (nSPS) is 19.5. The SMILES string of the molecule is C[C@H](N)c1ccc(CN2CCC(N(C)C)CC2)cc1F. The summed E-state index contributed by atoms with van der Waals surface area (Å²) in [6.45, 7) is 4.80. The summed E-state index contributed by atoms with van der Waals surface area (Å²) in [7, 11) is 4.28. The predicted molar refractivity (Wildman–Crippen MR) is 81.0 cm³/mol. The summed E-state index contributed by atoms with van der Waals surface area (Å²) in [5.41, 5.74) is 7.37. The van der Waals surface area contributed by atoms with E-state index in [2.05, 4.69) is 23.9 Å². The minimum atomic E-state index is -0.250. The van der Waals surface area contributed by atoms with Crippen LogP contribution in [-0.4, -0.2) is 43.0 Å². The van der Waals surface area contributed by atoms with E-state index in [-0.39, 0.29) is 11.9 Å². The second kappa shape index (κ2) is 6.66. The molecule has 0 saturated carbocycles. The fourth-order valence-corrected chi connectivity index (χ4v) is 2.89. The van der Waals surface area contributed by atoms with Crippen molar-refractivity contribution in [3.8, 4) is 0 Å². The molecule has 0 amide bonds. The molecule has 3 nitrogen and oxygen atoms in total. The van der Waals surface area contributed by atoms with Gasteiger partial charge in [0, 0.05) is 24.2 Å². The Morgan fingerprint density at radius 1 is 1.35 bits per heavy atom. The molecule has 1 heterocycles. The van der Waals surface area contributed by atoms with Gasteiger partial charge in [0.05, 0.1) is 0 Å². The molecule has 0 bridgehead atoms. The molecule has 1 aromatic carbocycles. The molecule has 112 valence electrons. The second-order valence-corrected chi connectivity index (χ2v) is 6.12. The number of halogens is 1. The van der Waals surface area contributed by atoms with Gasteiger partial charge >= 0.3 is 0 Å². The van der Waals surface area contributed by atoms with Crippen LogP contribution in [0.3, 0.4) is 0 Å². The zero-order valence-electron chi connectivity index (χ0n) is 12.8. The molecule has 1 aromatic rings. The maximum Gasteiger partial charge on any atom is 0.128 e. The van der Waals surface area contributed by atoms with Gasteiger partial charge in [-0.25, -0.2) is 4.39 Å². The molecular weight excluding hydrogens is 253 g/mol. The molecule has 1 fully saturated rings. The van der Waals surface area contributed by atoms with E-state index in [1.807, 2.05) is 19.1 Å². The van der Waals surface area contributed by atoms with Crippen LogP contribution in [0.5, 0.6) is 0 Å². The van der Waals surface area contributed by atoms with E-state index in [0.29, 0.717) is 11.6 Å². The summed E-state index contributed by atoms with van der Waals surface area (Å²) in [5, 5.41) is 0. The highest BCUT2D eigenvalue weighted by molar-refractivity contribution is 5.26. The lowest BCUT2D eigenvalue weighted by Gasteiger charge is -2.35. The third-order valence-electron chi connectivity index (χ3n) is 4.25. The average molecular weight is 279 g/mol. The Labute approximate surface area is 121 Å². The second-order valence-electron chi connectivity index (χ2n) is 6.12. The number of hydrogen-bond donors (Lipinski definition) is 1. The number of benzene rings is 1. The first-order chi connectivity index (χ1) is 9.47. The van der Waals surface area contributed by atoms with Gasteiger partial charge in [0.15, 0.2) is 0 Å². The van der Waals surface area contributed by atoms with E-state index < -0.39 is 0 Å². The lowest BCUT2D eigenvalue weighted by molar-refractivity contribution is 0.140. The molecule has 1 saturated heterocycles. The van der Waals surface area contributed by atoms with E-state index in [1.54, 1.807) is 6.07 Å². The number of piperidine rings is 1. The van der Waals surface area contributed by atoms with Gasteiger partial charge in [-0.1, -0.05) is 12.1 Å². The topological polar surface area (TPSA) is 32.5 Å². The molecule has 4 heteroatoms. The van der Waals surface area contributed by atoms with Crippen LogP contribution in [0.1, 0.15) is 36.9 Å². The third-order valence-corrected chi connectivity index (χ3v) is 4.25. The van der Waals surface area contributed by atoms with Gasteiger partial charge in [-0.3, -0.25) is 4.90 Å². The molecule has 0 spiro atoms. The zero-order valence-corrected chi connectivity index (χ0v) is 12.8. The summed E-state index contributed by atoms with van der Waals surface area (Å²) >= 11 is 0. The van der Waals surface area contributed by atoms with Crippen molar-refractivity contribution in [3.05, 3.63) is 35.1 Å². The summed E-state index contributed by atoms with van der Waals surface area (Å²) in [4.78, 5) is 4.70. The molecule has 2 rings (SSSR count). The van der Waals surface area contributed by atoms with Crippen molar-refractivity contribution in [2.45, 2.75) is 38.4 Å². The highest BCUT2D eigenvalue weighted by Gasteiger charge is 2.20. The molecule has 1 aliphatic rings. The highest BCUT2D eigenvalue weighted by atomic mass is 19.1. The first-order valence-electron chi connectivity index (χ1n) is 7.40. The average Bonchev–Trinajstić information content (AvgIpc) is 2.39. The van der Waals surface area contributed by atoms with Crippen molar-refractivity contribution in [2.24, 2.45) is 5.73 Å². The Hall–Kier alpha value is -0.970. The maximum atomic E-state index is 13.9. The van der Waals surface area contributed by atoms with Crippen LogP contribution < -0.4 is 5.73 Å². The number of hydrogen-bond acceptors (Lipinski definition) is 3. The van der Waals surface area contributed by atoms with Crippen LogP contribution in [-0.2, 0) is 6.54 Å². The number of nitrogens with two attached hydrogens (primary N) is 1. The molecule has 20 heavy (non-hydrogen) atoms. The van der Waals surface area contributed by atoms with Crippen LogP contribution >= 0.6 is 0 Å². The molecule has 2 N–H and O–H groups in total. The standard InChI is InChI=1S/C16H26FN3/c1-12(18)15-5-4-13(10-16(15)17)11-20-8-6-14(7-9-20)19(2)3/h4-5,10,12,14H,6-9,11,18H2,1-3H3/t12-/m0/s1. The molecule has 0 aliphatic carbocycles. The van der Waals surface area contributed by atoms with E-state index in [9.17, 15) is 4.39 Å². The van der Waals surface area contributed by atoms with Crippen molar-refractivity contribution >= 4 is 0 Å². The summed E-state index contributed by atoms with van der Waals surface area (Å²) in [5.74, 6) is -0.180. The lowest BCUT2D eigenvalue weighted by Crippen LogP contribution is -2.41. The van der Waals surface area contributed by atoms with Crippen LogP contribution in [0.2, 0.25) is 0 Å². The summed E-state index contributed by atoms with van der Waals surface area (Å²) in [6, 6.07) is 5.89. The minimum Gasteiger partial charge on any atom is -0.324 e. The molecule has 0 unspecified atom stereocenters. The van der Waals surface area contributed by atoms with Crippen LogP contribution in [0.4, 0.5) is 4.39 Å². The summed E-state index contributed by atoms with van der Waals surface area (Å²) in [6.07, 6.45) is 2.38. The zero-order chi connectivity index (χ0) is 14.7. The third kappa shape index (κ3) is 3.78. The van der Waals surface area contributed by atoms with Crippen LogP contribution in [0, 0.1) is 5.82 Å². The molecule has 1 atom stereocenters. The smallest absolute Gasteiger partial charge is 0.128 e. The van der Waals surface area contributed by atoms with E-state index >= 15 is 0 Å². The van der Waals surface area contributed by atoms with Gasteiger partial charge in [0.2, 0.25) is 0 Å². The van der Waals surface area contributed by atoms with Crippen LogP contribution in [0.25, 0.3) is 0 Å². The Bertz CT molecular complexity index is 437. The van der Waals surface area contributed by atoms with Gasteiger partial charge in [-0.05, 0) is 58.6 Å². The molecule has 1 aliphatic heterocycles. The van der Waals surface area contributed by atoms with Gasteiger partial charge in [0.25, 0.3) is 0 Å². The first-order valence-corrected chi connectivity index (χ1v) is 7.40. The Morgan fingerprint density at radius 2 is 2.00 bits per heavy atom. The number of nitrogens with zero attached hydrogens (tertiary/aromatic N) is 2. The van der Waals surface area contributed by atoms with Crippen molar-refractivity contribution in [2.75, 3.05) is 27.2 Å². The molecule has 0 aromatic heterocycles. The van der Waals surface area contributed by atoms with Crippen molar-refractivity contribution < 1.29 is 4.39 Å². The molecule has 0 radical (unpaired) electrons. The molecular formula is C16H26FN3. The maximum absolute atomic E-state index is 13.9. The summed E-state index contributed by atoms with van der Waals surface area (Å²) < 4.78 is 13.9. The van der Waals surface area contributed by atoms with Crippen molar-refractivity contribution in [1.29, 1.82) is 0 Å². The monoisotopic (exact) mass is 279 g/mol. The minimum absolute atomic E-state index is 0.180. The fourth-order valence-electron chi connectivity index (χ4n) is 2.89. The number of rotatable bonds is 4. The largest absolute Gasteiger partial charge is 0.324 e. The predicted octanol–water partition coefficient (Wildman–Crippen LogP) is 2.37. The van der Waals surface area contributed by atoms with E-state index in [0.717, 1.165) is 25.2 Å². The Balaban J connectivity index is 1.93. The highest BCUT2D eigenvalue weighted by Crippen LogP contribution is 2.20. The number of likely N-dealkylation sites (tertiary alicyclic amines) is 1. The van der Waals surface area contributed by atoms with Gasteiger partial charge in [0.1, 0.15) is 5.82 Å².